The molecule has 0 aliphatic heterocycles. The molecule has 1 fully saturated rings. The molecule has 0 spiro atoms. The van der Waals surface area contributed by atoms with Gasteiger partial charge in [-0.1, -0.05) is 22.9 Å². The van der Waals surface area contributed by atoms with Gasteiger partial charge < -0.3 is 15.4 Å². The van der Waals surface area contributed by atoms with E-state index in [0.717, 1.165) is 24.9 Å². The molecule has 1 saturated carbocycles. The lowest BCUT2D eigenvalue weighted by atomic mass is 10.2. The van der Waals surface area contributed by atoms with E-state index in [0.29, 0.717) is 17.1 Å². The number of rotatable bonds is 4. The van der Waals surface area contributed by atoms with Gasteiger partial charge in [0.05, 0.1) is 11.9 Å². The number of hydrogen-bond donors (Lipinski definition) is 2. The van der Waals surface area contributed by atoms with Gasteiger partial charge in [-0.2, -0.15) is 9.67 Å². The van der Waals surface area contributed by atoms with Crippen LogP contribution in [0.2, 0.25) is 0 Å². The fourth-order valence-electron chi connectivity index (χ4n) is 3.56. The van der Waals surface area contributed by atoms with Crippen molar-refractivity contribution in [3.8, 4) is 5.69 Å². The van der Waals surface area contributed by atoms with Crippen molar-refractivity contribution in [1.29, 1.82) is 0 Å². The predicted octanol–water partition coefficient (Wildman–Crippen LogP) is 3.38. The summed E-state index contributed by atoms with van der Waals surface area (Å²) >= 11 is 0. The minimum absolute atomic E-state index is 0.0702. The lowest BCUT2D eigenvalue weighted by molar-refractivity contribution is 0.0505. The Balaban J connectivity index is 1.43. The van der Waals surface area contributed by atoms with E-state index < -0.39 is 5.60 Å². The second kappa shape index (κ2) is 7.89. The SMILES string of the molecule is Cc1ccc(-n2nnc3cnc(NC4CCC(NC(=O)OC(C)(C)C)C4)nc32)cc1. The van der Waals surface area contributed by atoms with Crippen LogP contribution in [0.15, 0.2) is 30.5 Å². The third-order valence-corrected chi connectivity index (χ3v) is 4.96. The molecular weight excluding hydrogens is 382 g/mol. The Kier molecular flexibility index (Phi) is 5.27. The van der Waals surface area contributed by atoms with Gasteiger partial charge in [0, 0.05) is 12.1 Å². The molecule has 4 rings (SSSR count). The summed E-state index contributed by atoms with van der Waals surface area (Å²) in [6.45, 7) is 7.61. The molecule has 0 saturated heterocycles. The average Bonchev–Trinajstić information content (AvgIpc) is 3.27. The average molecular weight is 409 g/mol. The molecule has 9 nitrogen and oxygen atoms in total. The van der Waals surface area contributed by atoms with Crippen LogP contribution in [0.4, 0.5) is 10.7 Å². The zero-order valence-corrected chi connectivity index (χ0v) is 17.7. The first-order valence-electron chi connectivity index (χ1n) is 10.2. The van der Waals surface area contributed by atoms with Gasteiger partial charge >= 0.3 is 6.09 Å². The zero-order chi connectivity index (χ0) is 21.3. The summed E-state index contributed by atoms with van der Waals surface area (Å²) in [6.07, 6.45) is 3.88. The van der Waals surface area contributed by atoms with Gasteiger partial charge in [0.1, 0.15) is 5.60 Å². The number of ether oxygens (including phenoxy) is 1. The number of aryl methyl sites for hydroxylation is 1. The standard InChI is InChI=1S/C21H27N7O2/c1-13-5-9-16(10-6-13)28-18-17(26-27-28)12-22-19(25-18)23-14-7-8-15(11-14)24-20(29)30-21(2,3)4/h5-6,9-10,12,14-15H,7-8,11H2,1-4H3,(H,24,29)(H,22,23,25). The highest BCUT2D eigenvalue weighted by atomic mass is 16.6. The van der Waals surface area contributed by atoms with Gasteiger partial charge in [-0.3, -0.25) is 0 Å². The number of alkyl carbamates (subject to hydrolysis) is 1. The minimum Gasteiger partial charge on any atom is -0.444 e. The lowest BCUT2D eigenvalue weighted by Gasteiger charge is -2.21. The first-order valence-corrected chi connectivity index (χ1v) is 10.2. The molecule has 2 aromatic heterocycles. The summed E-state index contributed by atoms with van der Waals surface area (Å²) in [6, 6.07) is 8.27. The minimum atomic E-state index is -0.502. The second-order valence-corrected chi connectivity index (χ2v) is 8.74. The van der Waals surface area contributed by atoms with E-state index in [1.165, 1.54) is 5.56 Å². The Morgan fingerprint density at radius 1 is 1.17 bits per heavy atom. The molecule has 0 bridgehead atoms. The summed E-state index contributed by atoms with van der Waals surface area (Å²) < 4.78 is 7.05. The summed E-state index contributed by atoms with van der Waals surface area (Å²) in [7, 11) is 0. The number of hydrogen-bond acceptors (Lipinski definition) is 7. The van der Waals surface area contributed by atoms with Gasteiger partial charge in [0.15, 0.2) is 11.2 Å². The second-order valence-electron chi connectivity index (χ2n) is 8.74. The van der Waals surface area contributed by atoms with Crippen LogP contribution in [0, 0.1) is 6.92 Å². The van der Waals surface area contributed by atoms with Gasteiger partial charge in [0.25, 0.3) is 0 Å². The van der Waals surface area contributed by atoms with Crippen LogP contribution in [0.25, 0.3) is 16.9 Å². The molecule has 2 N–H and O–H groups in total. The monoisotopic (exact) mass is 409 g/mol. The van der Waals surface area contributed by atoms with Crippen molar-refractivity contribution in [3.63, 3.8) is 0 Å². The van der Waals surface area contributed by atoms with Crippen molar-refractivity contribution >= 4 is 23.2 Å². The number of benzene rings is 1. The number of anilines is 1. The predicted molar refractivity (Wildman–Crippen MR) is 114 cm³/mol. The number of carbonyl (C=O) groups excluding carboxylic acids is 1. The molecule has 9 heteroatoms. The van der Waals surface area contributed by atoms with E-state index in [-0.39, 0.29) is 18.2 Å². The molecule has 0 radical (unpaired) electrons. The molecule has 1 aliphatic carbocycles. The summed E-state index contributed by atoms with van der Waals surface area (Å²) in [5.74, 6) is 0.529. The maximum absolute atomic E-state index is 12.0. The largest absolute Gasteiger partial charge is 0.444 e. The molecule has 2 atom stereocenters. The zero-order valence-electron chi connectivity index (χ0n) is 17.7. The molecule has 158 valence electrons. The molecule has 2 unspecified atom stereocenters. The van der Waals surface area contributed by atoms with Crippen LogP contribution >= 0.6 is 0 Å². The number of nitrogens with zero attached hydrogens (tertiary/aromatic N) is 5. The van der Waals surface area contributed by atoms with E-state index in [4.69, 9.17) is 4.74 Å². The molecule has 3 aromatic rings. The van der Waals surface area contributed by atoms with E-state index >= 15 is 0 Å². The Morgan fingerprint density at radius 2 is 1.90 bits per heavy atom. The Labute approximate surface area is 175 Å². The smallest absolute Gasteiger partial charge is 0.407 e. The molecule has 1 aromatic carbocycles. The summed E-state index contributed by atoms with van der Waals surface area (Å²) in [5, 5.41) is 14.7. The third-order valence-electron chi connectivity index (χ3n) is 4.96. The highest BCUT2D eigenvalue weighted by molar-refractivity contribution is 5.72. The number of aromatic nitrogens is 5. The van der Waals surface area contributed by atoms with Crippen LogP contribution in [0.3, 0.4) is 0 Å². The van der Waals surface area contributed by atoms with Gasteiger partial charge in [-0.25, -0.2) is 9.78 Å². The number of fused-ring (bicyclic) bond motifs is 1. The third kappa shape index (κ3) is 4.67. The maximum Gasteiger partial charge on any atom is 0.407 e. The van der Waals surface area contributed by atoms with Crippen molar-refractivity contribution in [3.05, 3.63) is 36.0 Å². The van der Waals surface area contributed by atoms with Crippen LogP contribution in [0.1, 0.15) is 45.6 Å². The molecule has 30 heavy (non-hydrogen) atoms. The Morgan fingerprint density at radius 3 is 2.63 bits per heavy atom. The lowest BCUT2D eigenvalue weighted by Crippen LogP contribution is -2.38. The Hall–Kier alpha value is -3.23. The first kappa shape index (κ1) is 20.1. The molecular formula is C21H27N7O2. The van der Waals surface area contributed by atoms with Crippen LogP contribution in [-0.2, 0) is 4.74 Å². The van der Waals surface area contributed by atoms with Gasteiger partial charge in [-0.05, 0) is 59.1 Å². The van der Waals surface area contributed by atoms with Crippen LogP contribution < -0.4 is 10.6 Å². The van der Waals surface area contributed by atoms with Gasteiger partial charge in [0.2, 0.25) is 5.95 Å². The highest BCUT2D eigenvalue weighted by Gasteiger charge is 2.28. The van der Waals surface area contributed by atoms with Crippen molar-refractivity contribution in [2.75, 3.05) is 5.32 Å². The number of nitrogens with one attached hydrogen (secondary N) is 2. The number of carbonyl (C=O) groups is 1. The highest BCUT2D eigenvalue weighted by Crippen LogP contribution is 2.23. The van der Waals surface area contributed by atoms with Crippen LogP contribution in [-0.4, -0.2) is 48.7 Å². The van der Waals surface area contributed by atoms with Crippen molar-refractivity contribution in [2.24, 2.45) is 0 Å². The molecule has 1 aliphatic rings. The van der Waals surface area contributed by atoms with Crippen molar-refractivity contribution < 1.29 is 9.53 Å². The molecule has 1 amide bonds. The van der Waals surface area contributed by atoms with E-state index in [1.54, 1.807) is 10.9 Å². The number of amides is 1. The normalized spacial score (nSPS) is 19.1. The summed E-state index contributed by atoms with van der Waals surface area (Å²) in [5.41, 5.74) is 2.86. The first-order chi connectivity index (χ1) is 14.3. The topological polar surface area (TPSA) is 107 Å². The fraction of sp³-hybridized carbons (Fsp3) is 0.476. The maximum atomic E-state index is 12.0. The van der Waals surface area contributed by atoms with E-state index in [2.05, 4.69) is 30.9 Å². The summed E-state index contributed by atoms with van der Waals surface area (Å²) in [4.78, 5) is 21.0. The van der Waals surface area contributed by atoms with Crippen LogP contribution in [0.5, 0.6) is 0 Å². The fourth-order valence-corrected chi connectivity index (χ4v) is 3.56. The van der Waals surface area contributed by atoms with E-state index in [1.807, 2.05) is 52.0 Å². The Bertz CT molecular complexity index is 1040. The van der Waals surface area contributed by atoms with Crippen molar-refractivity contribution in [1.82, 2.24) is 30.3 Å². The van der Waals surface area contributed by atoms with Crippen molar-refractivity contribution in [2.45, 2.75) is 64.6 Å². The molecule has 2 heterocycles. The van der Waals surface area contributed by atoms with E-state index in [9.17, 15) is 4.79 Å². The van der Waals surface area contributed by atoms with Gasteiger partial charge in [-0.15, -0.1) is 5.10 Å². The quantitative estimate of drug-likeness (QED) is 0.680.